The van der Waals surface area contributed by atoms with Gasteiger partial charge in [-0.2, -0.15) is 5.10 Å². The van der Waals surface area contributed by atoms with E-state index in [-0.39, 0.29) is 5.41 Å². The summed E-state index contributed by atoms with van der Waals surface area (Å²) in [4.78, 5) is 0. The lowest BCUT2D eigenvalue weighted by Gasteiger charge is -2.21. The van der Waals surface area contributed by atoms with E-state index in [1.807, 2.05) is 10.9 Å². The second-order valence-corrected chi connectivity index (χ2v) is 5.26. The molecule has 1 rings (SSSR count). The molecule has 17 heavy (non-hydrogen) atoms. The largest absolute Gasteiger partial charge is 0.490 e. The van der Waals surface area contributed by atoms with E-state index in [0.29, 0.717) is 0 Å². The van der Waals surface area contributed by atoms with Crippen LogP contribution in [-0.2, 0) is 6.54 Å². The third kappa shape index (κ3) is 5.22. The minimum Gasteiger partial charge on any atom is -0.490 e. The van der Waals surface area contributed by atoms with Crippen molar-refractivity contribution in [2.75, 3.05) is 13.2 Å². The number of hydrogen-bond donors (Lipinski definition) is 1. The van der Waals surface area contributed by atoms with Gasteiger partial charge in [-0.15, -0.1) is 0 Å². The van der Waals surface area contributed by atoms with Crippen LogP contribution in [0, 0.1) is 5.41 Å². The molecule has 0 unspecified atom stereocenters. The predicted molar refractivity (Wildman–Crippen MR) is 70.1 cm³/mol. The highest BCUT2D eigenvalue weighted by molar-refractivity contribution is 5.11. The fraction of sp³-hybridized carbons (Fsp3) is 0.769. The monoisotopic (exact) mass is 239 g/mol. The lowest BCUT2D eigenvalue weighted by molar-refractivity contribution is 0.261. The summed E-state index contributed by atoms with van der Waals surface area (Å²) in [5.41, 5.74) is 5.90. The van der Waals surface area contributed by atoms with Crippen molar-refractivity contribution in [3.8, 4) is 5.75 Å². The van der Waals surface area contributed by atoms with Crippen LogP contribution in [0.4, 0.5) is 0 Å². The van der Waals surface area contributed by atoms with Crippen LogP contribution in [-0.4, -0.2) is 22.9 Å². The van der Waals surface area contributed by atoms with E-state index in [1.54, 1.807) is 6.20 Å². The summed E-state index contributed by atoms with van der Waals surface area (Å²) in [6, 6.07) is 0. The third-order valence-electron chi connectivity index (χ3n) is 2.88. The maximum atomic E-state index is 5.68. The average molecular weight is 239 g/mol. The topological polar surface area (TPSA) is 53.1 Å². The molecule has 2 N–H and O–H groups in total. The van der Waals surface area contributed by atoms with Gasteiger partial charge in [-0.25, -0.2) is 0 Å². The summed E-state index contributed by atoms with van der Waals surface area (Å²) < 4.78 is 7.56. The third-order valence-corrected chi connectivity index (χ3v) is 2.88. The normalized spacial score (nSPS) is 11.8. The Labute approximate surface area is 104 Å². The lowest BCUT2D eigenvalue weighted by atomic mass is 9.88. The smallest absolute Gasteiger partial charge is 0.157 e. The van der Waals surface area contributed by atoms with Crippen molar-refractivity contribution in [2.24, 2.45) is 11.1 Å². The Balaban J connectivity index is 2.22. The Morgan fingerprint density at radius 2 is 2.24 bits per heavy atom. The number of aryl methyl sites for hydroxylation is 1. The molecule has 1 aromatic rings. The zero-order valence-electron chi connectivity index (χ0n) is 11.3. The van der Waals surface area contributed by atoms with Gasteiger partial charge in [0.2, 0.25) is 0 Å². The molecule has 0 aliphatic rings. The first-order valence-electron chi connectivity index (χ1n) is 6.43. The van der Waals surface area contributed by atoms with E-state index in [9.17, 15) is 0 Å². The minimum absolute atomic E-state index is 0.218. The number of aromatic nitrogens is 2. The van der Waals surface area contributed by atoms with Crippen LogP contribution < -0.4 is 10.5 Å². The first kappa shape index (κ1) is 14.0. The summed E-state index contributed by atoms with van der Waals surface area (Å²) in [6.45, 7) is 8.92. The number of ether oxygens (including phenoxy) is 1. The Morgan fingerprint density at radius 1 is 1.47 bits per heavy atom. The number of rotatable bonds is 8. The van der Waals surface area contributed by atoms with Crippen molar-refractivity contribution in [1.29, 1.82) is 0 Å². The van der Waals surface area contributed by atoms with Crippen LogP contribution in [0.1, 0.15) is 40.0 Å². The van der Waals surface area contributed by atoms with Crippen LogP contribution in [0.25, 0.3) is 0 Å². The summed E-state index contributed by atoms with van der Waals surface area (Å²) in [6.07, 6.45) is 6.95. The molecular weight excluding hydrogens is 214 g/mol. The van der Waals surface area contributed by atoms with Crippen molar-refractivity contribution in [2.45, 2.75) is 46.6 Å². The van der Waals surface area contributed by atoms with Gasteiger partial charge in [-0.1, -0.05) is 20.8 Å². The molecule has 4 nitrogen and oxygen atoms in total. The molecule has 0 amide bonds. The fourth-order valence-corrected chi connectivity index (χ4v) is 1.61. The minimum atomic E-state index is 0.218. The zero-order valence-corrected chi connectivity index (χ0v) is 11.3. The molecule has 1 heterocycles. The van der Waals surface area contributed by atoms with Crippen molar-refractivity contribution in [1.82, 2.24) is 9.78 Å². The van der Waals surface area contributed by atoms with Crippen molar-refractivity contribution >= 4 is 0 Å². The van der Waals surface area contributed by atoms with Gasteiger partial charge in [0.1, 0.15) is 0 Å². The molecule has 0 atom stereocenters. The second-order valence-electron chi connectivity index (χ2n) is 5.26. The lowest BCUT2D eigenvalue weighted by Crippen LogP contribution is -2.23. The molecule has 98 valence electrons. The van der Waals surface area contributed by atoms with Crippen molar-refractivity contribution in [3.05, 3.63) is 12.4 Å². The van der Waals surface area contributed by atoms with Crippen LogP contribution in [0.15, 0.2) is 12.4 Å². The standard InChI is InChI=1S/C13H25N3O/c1-4-7-16-10-12(9-15-16)17-8-5-6-13(2,3)11-14/h9-10H,4-8,11,14H2,1-3H3. The highest BCUT2D eigenvalue weighted by atomic mass is 16.5. The van der Waals surface area contributed by atoms with Crippen LogP contribution in [0.2, 0.25) is 0 Å². The highest BCUT2D eigenvalue weighted by Crippen LogP contribution is 2.20. The van der Waals surface area contributed by atoms with Gasteiger partial charge in [-0.3, -0.25) is 4.68 Å². The molecule has 0 radical (unpaired) electrons. The molecule has 4 heteroatoms. The first-order valence-corrected chi connectivity index (χ1v) is 6.43. The Bertz CT molecular complexity index is 320. The van der Waals surface area contributed by atoms with Gasteiger partial charge in [-0.05, 0) is 31.2 Å². The van der Waals surface area contributed by atoms with Gasteiger partial charge in [0.05, 0.1) is 19.0 Å². The van der Waals surface area contributed by atoms with Gasteiger partial charge >= 0.3 is 0 Å². The summed E-state index contributed by atoms with van der Waals surface area (Å²) in [7, 11) is 0. The van der Waals surface area contributed by atoms with Crippen LogP contribution in [0.3, 0.4) is 0 Å². The molecule has 0 bridgehead atoms. The molecular formula is C13H25N3O. The summed E-state index contributed by atoms with van der Waals surface area (Å²) in [5.74, 6) is 0.865. The van der Waals surface area contributed by atoms with Gasteiger partial charge in [0.15, 0.2) is 5.75 Å². The van der Waals surface area contributed by atoms with Gasteiger partial charge in [0, 0.05) is 6.54 Å². The predicted octanol–water partition coefficient (Wildman–Crippen LogP) is 2.44. The molecule has 0 saturated heterocycles. The quantitative estimate of drug-likeness (QED) is 0.709. The molecule has 0 spiro atoms. The summed E-state index contributed by atoms with van der Waals surface area (Å²) >= 11 is 0. The number of hydrogen-bond acceptors (Lipinski definition) is 3. The van der Waals surface area contributed by atoms with E-state index >= 15 is 0 Å². The Kier molecular flexibility index (Phi) is 5.48. The van der Waals surface area contributed by atoms with Crippen molar-refractivity contribution < 1.29 is 4.74 Å². The first-order chi connectivity index (χ1) is 8.07. The molecule has 0 aliphatic heterocycles. The maximum absolute atomic E-state index is 5.68. The van der Waals surface area contributed by atoms with E-state index < -0.39 is 0 Å². The summed E-state index contributed by atoms with van der Waals surface area (Å²) in [5, 5.41) is 4.22. The molecule has 0 aromatic carbocycles. The molecule has 0 saturated carbocycles. The second kappa shape index (κ2) is 6.64. The molecule has 1 aromatic heterocycles. The van der Waals surface area contributed by atoms with Crippen LogP contribution in [0.5, 0.6) is 5.75 Å². The van der Waals surface area contributed by atoms with Crippen molar-refractivity contribution in [3.63, 3.8) is 0 Å². The van der Waals surface area contributed by atoms with Gasteiger partial charge < -0.3 is 10.5 Å². The van der Waals surface area contributed by atoms with E-state index in [2.05, 4.69) is 25.9 Å². The Hall–Kier alpha value is -1.03. The van der Waals surface area contributed by atoms with E-state index in [1.165, 1.54) is 0 Å². The average Bonchev–Trinajstić information content (AvgIpc) is 2.73. The Morgan fingerprint density at radius 3 is 2.88 bits per heavy atom. The number of nitrogens with two attached hydrogens (primary N) is 1. The SMILES string of the molecule is CCCn1cc(OCCCC(C)(C)CN)cn1. The van der Waals surface area contributed by atoms with Gasteiger partial charge in [0.25, 0.3) is 0 Å². The molecule has 0 aliphatic carbocycles. The van der Waals surface area contributed by atoms with E-state index in [0.717, 1.165) is 44.7 Å². The number of nitrogens with zero attached hydrogens (tertiary/aromatic N) is 2. The highest BCUT2D eigenvalue weighted by Gasteiger charge is 2.14. The zero-order chi connectivity index (χ0) is 12.7. The van der Waals surface area contributed by atoms with E-state index in [4.69, 9.17) is 10.5 Å². The fourth-order valence-electron chi connectivity index (χ4n) is 1.61. The molecule has 0 fully saturated rings. The maximum Gasteiger partial charge on any atom is 0.157 e. The van der Waals surface area contributed by atoms with Crippen LogP contribution >= 0.6 is 0 Å².